The van der Waals surface area contributed by atoms with Crippen LogP contribution in [0.15, 0.2) is 18.2 Å². The van der Waals surface area contributed by atoms with Crippen LogP contribution in [0.5, 0.6) is 0 Å². The SMILES string of the molecule is CCN(CC1CCCO1)c1ccc(CCl)cc1C#N. The van der Waals surface area contributed by atoms with Crippen molar-refractivity contribution in [2.45, 2.75) is 31.7 Å². The molecule has 1 unspecified atom stereocenters. The number of halogens is 1. The number of ether oxygens (including phenoxy) is 1. The first-order valence-electron chi connectivity index (χ1n) is 6.74. The van der Waals surface area contributed by atoms with Crippen LogP contribution in [-0.4, -0.2) is 25.8 Å². The second-order valence-electron chi connectivity index (χ2n) is 4.77. The minimum Gasteiger partial charge on any atom is -0.376 e. The van der Waals surface area contributed by atoms with E-state index in [1.807, 2.05) is 18.2 Å². The summed E-state index contributed by atoms with van der Waals surface area (Å²) in [7, 11) is 0. The van der Waals surface area contributed by atoms with Gasteiger partial charge in [-0.05, 0) is 37.5 Å². The number of nitrogens with zero attached hydrogens (tertiary/aromatic N) is 2. The fourth-order valence-electron chi connectivity index (χ4n) is 2.46. The van der Waals surface area contributed by atoms with Gasteiger partial charge in [-0.25, -0.2) is 0 Å². The van der Waals surface area contributed by atoms with E-state index in [0.29, 0.717) is 17.5 Å². The van der Waals surface area contributed by atoms with Crippen LogP contribution in [0.3, 0.4) is 0 Å². The first-order valence-corrected chi connectivity index (χ1v) is 7.27. The van der Waals surface area contributed by atoms with Gasteiger partial charge in [0.05, 0.1) is 17.4 Å². The number of anilines is 1. The smallest absolute Gasteiger partial charge is 0.101 e. The number of alkyl halides is 1. The van der Waals surface area contributed by atoms with E-state index in [2.05, 4.69) is 17.9 Å². The van der Waals surface area contributed by atoms with Gasteiger partial charge >= 0.3 is 0 Å². The topological polar surface area (TPSA) is 36.3 Å². The molecule has 102 valence electrons. The molecule has 19 heavy (non-hydrogen) atoms. The predicted molar refractivity (Wildman–Crippen MR) is 77.6 cm³/mol. The molecule has 1 aromatic carbocycles. The highest BCUT2D eigenvalue weighted by Gasteiger charge is 2.20. The average Bonchev–Trinajstić information content (AvgIpc) is 2.97. The molecule has 1 aliphatic rings. The molecule has 1 aliphatic heterocycles. The molecule has 0 spiro atoms. The molecule has 4 heteroatoms. The summed E-state index contributed by atoms with van der Waals surface area (Å²) in [4.78, 5) is 2.21. The van der Waals surface area contributed by atoms with Crippen molar-refractivity contribution in [2.24, 2.45) is 0 Å². The third-order valence-electron chi connectivity index (χ3n) is 3.51. The molecule has 0 amide bonds. The van der Waals surface area contributed by atoms with Gasteiger partial charge in [-0.15, -0.1) is 11.6 Å². The molecule has 1 heterocycles. The van der Waals surface area contributed by atoms with Gasteiger partial charge in [0.2, 0.25) is 0 Å². The third-order valence-corrected chi connectivity index (χ3v) is 3.81. The fraction of sp³-hybridized carbons (Fsp3) is 0.533. The zero-order valence-electron chi connectivity index (χ0n) is 11.2. The number of rotatable bonds is 5. The minimum atomic E-state index is 0.291. The van der Waals surface area contributed by atoms with Crippen LogP contribution >= 0.6 is 11.6 Å². The Morgan fingerprint density at radius 2 is 2.37 bits per heavy atom. The first kappa shape index (κ1) is 14.2. The summed E-state index contributed by atoms with van der Waals surface area (Å²) in [5.41, 5.74) is 2.66. The molecule has 1 fully saturated rings. The number of benzene rings is 1. The standard InChI is InChI=1S/C15H19ClN2O/c1-2-18(11-14-4-3-7-19-14)15-6-5-12(9-16)8-13(15)10-17/h5-6,8,14H,2-4,7,9,11H2,1H3. The van der Waals surface area contributed by atoms with Gasteiger partial charge in [-0.1, -0.05) is 6.07 Å². The molecule has 0 bridgehead atoms. The van der Waals surface area contributed by atoms with E-state index in [4.69, 9.17) is 16.3 Å². The monoisotopic (exact) mass is 278 g/mol. The van der Waals surface area contributed by atoms with Crippen molar-refractivity contribution in [2.75, 3.05) is 24.6 Å². The number of hydrogen-bond donors (Lipinski definition) is 0. The van der Waals surface area contributed by atoms with E-state index in [0.717, 1.165) is 43.8 Å². The van der Waals surface area contributed by atoms with Gasteiger partial charge in [0.1, 0.15) is 6.07 Å². The largest absolute Gasteiger partial charge is 0.376 e. The second kappa shape index (κ2) is 6.79. The highest BCUT2D eigenvalue weighted by Crippen LogP contribution is 2.24. The molecular formula is C15H19ClN2O. The second-order valence-corrected chi connectivity index (χ2v) is 5.04. The molecule has 0 N–H and O–H groups in total. The Labute approximate surface area is 119 Å². The number of hydrogen-bond acceptors (Lipinski definition) is 3. The van der Waals surface area contributed by atoms with Crippen molar-refractivity contribution in [3.8, 4) is 6.07 Å². The molecule has 1 saturated heterocycles. The van der Waals surface area contributed by atoms with Crippen molar-refractivity contribution >= 4 is 17.3 Å². The van der Waals surface area contributed by atoms with E-state index in [9.17, 15) is 5.26 Å². The summed E-state index contributed by atoms with van der Waals surface area (Å²) >= 11 is 5.82. The lowest BCUT2D eigenvalue weighted by molar-refractivity contribution is 0.115. The lowest BCUT2D eigenvalue weighted by Gasteiger charge is -2.27. The van der Waals surface area contributed by atoms with Crippen molar-refractivity contribution in [3.63, 3.8) is 0 Å². The molecule has 0 saturated carbocycles. The Morgan fingerprint density at radius 3 is 2.95 bits per heavy atom. The Morgan fingerprint density at radius 1 is 1.53 bits per heavy atom. The zero-order valence-corrected chi connectivity index (χ0v) is 12.0. The maximum atomic E-state index is 9.29. The Balaban J connectivity index is 2.19. The first-order chi connectivity index (χ1) is 9.28. The van der Waals surface area contributed by atoms with Crippen LogP contribution in [0.4, 0.5) is 5.69 Å². The molecule has 2 rings (SSSR count). The minimum absolute atomic E-state index is 0.291. The van der Waals surface area contributed by atoms with E-state index in [1.165, 1.54) is 0 Å². The molecule has 0 aliphatic carbocycles. The Bertz CT molecular complexity index is 464. The van der Waals surface area contributed by atoms with E-state index in [1.54, 1.807) is 0 Å². The van der Waals surface area contributed by atoms with Crippen molar-refractivity contribution in [1.29, 1.82) is 5.26 Å². The molecule has 0 aromatic heterocycles. The van der Waals surface area contributed by atoms with E-state index >= 15 is 0 Å². The van der Waals surface area contributed by atoms with Crippen LogP contribution < -0.4 is 4.90 Å². The molecular weight excluding hydrogens is 260 g/mol. The fourth-order valence-corrected chi connectivity index (χ4v) is 2.63. The number of likely N-dealkylation sites (N-methyl/N-ethyl adjacent to an activating group) is 1. The van der Waals surface area contributed by atoms with E-state index in [-0.39, 0.29) is 0 Å². The Kier molecular flexibility index (Phi) is 5.07. The van der Waals surface area contributed by atoms with Gasteiger partial charge in [0, 0.05) is 25.6 Å². The lowest BCUT2D eigenvalue weighted by Crippen LogP contribution is -2.32. The van der Waals surface area contributed by atoms with Gasteiger partial charge in [-0.3, -0.25) is 0 Å². The van der Waals surface area contributed by atoms with Crippen molar-refractivity contribution < 1.29 is 4.74 Å². The molecule has 3 nitrogen and oxygen atoms in total. The zero-order chi connectivity index (χ0) is 13.7. The lowest BCUT2D eigenvalue weighted by atomic mass is 10.1. The highest BCUT2D eigenvalue weighted by atomic mass is 35.5. The number of nitriles is 1. The van der Waals surface area contributed by atoms with Crippen LogP contribution in [0, 0.1) is 11.3 Å². The van der Waals surface area contributed by atoms with Gasteiger partial charge < -0.3 is 9.64 Å². The highest BCUT2D eigenvalue weighted by molar-refractivity contribution is 6.17. The van der Waals surface area contributed by atoms with Crippen LogP contribution in [0.25, 0.3) is 0 Å². The molecule has 0 radical (unpaired) electrons. The quantitative estimate of drug-likeness (QED) is 0.776. The normalized spacial score (nSPS) is 18.3. The summed E-state index contributed by atoms with van der Waals surface area (Å²) in [6.45, 7) is 4.68. The van der Waals surface area contributed by atoms with Crippen molar-refractivity contribution in [3.05, 3.63) is 29.3 Å². The average molecular weight is 279 g/mol. The van der Waals surface area contributed by atoms with Crippen LogP contribution in [-0.2, 0) is 10.6 Å². The summed E-state index contributed by atoms with van der Waals surface area (Å²) in [6, 6.07) is 8.13. The van der Waals surface area contributed by atoms with E-state index < -0.39 is 0 Å². The Hall–Kier alpha value is -1.24. The molecule has 1 aromatic rings. The summed E-state index contributed by atoms with van der Waals surface area (Å²) in [5, 5.41) is 9.29. The maximum Gasteiger partial charge on any atom is 0.101 e. The maximum absolute atomic E-state index is 9.29. The van der Waals surface area contributed by atoms with Crippen molar-refractivity contribution in [1.82, 2.24) is 0 Å². The summed E-state index contributed by atoms with van der Waals surface area (Å²) < 4.78 is 5.68. The van der Waals surface area contributed by atoms with Crippen LogP contribution in [0.1, 0.15) is 30.9 Å². The van der Waals surface area contributed by atoms with Gasteiger partial charge in [0.15, 0.2) is 0 Å². The third kappa shape index (κ3) is 3.40. The predicted octanol–water partition coefficient (Wildman–Crippen LogP) is 3.30. The van der Waals surface area contributed by atoms with Gasteiger partial charge in [-0.2, -0.15) is 5.26 Å². The molecule has 1 atom stereocenters. The summed E-state index contributed by atoms with van der Waals surface area (Å²) in [5.74, 6) is 0.437. The summed E-state index contributed by atoms with van der Waals surface area (Å²) in [6.07, 6.45) is 2.54. The van der Waals surface area contributed by atoms with Gasteiger partial charge in [0.25, 0.3) is 0 Å². The van der Waals surface area contributed by atoms with Crippen LogP contribution in [0.2, 0.25) is 0 Å².